The van der Waals surface area contributed by atoms with Crippen molar-refractivity contribution in [2.24, 2.45) is 11.7 Å². The Morgan fingerprint density at radius 3 is 2.70 bits per heavy atom. The number of aromatic nitrogens is 2. The van der Waals surface area contributed by atoms with Gasteiger partial charge in [0, 0.05) is 5.75 Å². The van der Waals surface area contributed by atoms with Crippen molar-refractivity contribution in [3.8, 4) is 0 Å². The van der Waals surface area contributed by atoms with Crippen molar-refractivity contribution in [1.82, 2.24) is 10.2 Å². The van der Waals surface area contributed by atoms with Crippen LogP contribution in [0.5, 0.6) is 0 Å². The molecule has 1 aromatic heterocycles. The number of benzene rings is 1. The highest BCUT2D eigenvalue weighted by molar-refractivity contribution is 7.98. The highest BCUT2D eigenvalue weighted by Gasteiger charge is 2.18. The zero-order chi connectivity index (χ0) is 14.7. The maximum Gasteiger partial charge on any atom is 0.276 e. The van der Waals surface area contributed by atoms with Gasteiger partial charge in [-0.25, -0.2) is 0 Å². The Balaban J connectivity index is 2.03. The van der Waals surface area contributed by atoms with E-state index in [4.69, 9.17) is 10.2 Å². The van der Waals surface area contributed by atoms with E-state index in [9.17, 15) is 0 Å². The largest absolute Gasteiger partial charge is 0.414 e. The summed E-state index contributed by atoms with van der Waals surface area (Å²) < 4.78 is 5.61. The lowest BCUT2D eigenvalue weighted by Gasteiger charge is -2.09. The van der Waals surface area contributed by atoms with Crippen molar-refractivity contribution in [2.45, 2.75) is 44.7 Å². The minimum Gasteiger partial charge on any atom is -0.414 e. The Labute approximate surface area is 124 Å². The maximum absolute atomic E-state index is 6.00. The molecule has 108 valence electrons. The number of hydrogen-bond donors (Lipinski definition) is 1. The fraction of sp³-hybridized carbons (Fsp3) is 0.467. The van der Waals surface area contributed by atoms with E-state index in [1.54, 1.807) is 11.8 Å². The minimum absolute atomic E-state index is 0.197. The van der Waals surface area contributed by atoms with Gasteiger partial charge in [-0.3, -0.25) is 0 Å². The van der Waals surface area contributed by atoms with Gasteiger partial charge in [0.15, 0.2) is 0 Å². The monoisotopic (exact) mass is 291 g/mol. The zero-order valence-electron chi connectivity index (χ0n) is 12.4. The van der Waals surface area contributed by atoms with Gasteiger partial charge in [0.1, 0.15) is 0 Å². The second-order valence-electron chi connectivity index (χ2n) is 5.39. The van der Waals surface area contributed by atoms with Crippen LogP contribution in [0.1, 0.15) is 42.5 Å². The molecule has 0 radical (unpaired) electrons. The van der Waals surface area contributed by atoms with E-state index in [1.165, 1.54) is 16.7 Å². The van der Waals surface area contributed by atoms with Crippen LogP contribution in [0.4, 0.5) is 0 Å². The highest BCUT2D eigenvalue weighted by atomic mass is 32.2. The molecule has 2 rings (SSSR count). The summed E-state index contributed by atoms with van der Waals surface area (Å²) in [6.07, 6.45) is 0. The number of thioether (sulfide) groups is 1. The molecular weight excluding hydrogens is 270 g/mol. The van der Waals surface area contributed by atoms with Crippen LogP contribution in [-0.2, 0) is 5.75 Å². The molecule has 2 N–H and O–H groups in total. The molecule has 0 aliphatic rings. The van der Waals surface area contributed by atoms with Gasteiger partial charge in [-0.1, -0.05) is 49.4 Å². The van der Waals surface area contributed by atoms with Crippen molar-refractivity contribution in [1.29, 1.82) is 0 Å². The van der Waals surface area contributed by atoms with Gasteiger partial charge < -0.3 is 10.2 Å². The number of aryl methyl sites for hydroxylation is 2. The van der Waals surface area contributed by atoms with E-state index in [1.807, 2.05) is 13.8 Å². The van der Waals surface area contributed by atoms with Gasteiger partial charge in [0.25, 0.3) is 5.22 Å². The summed E-state index contributed by atoms with van der Waals surface area (Å²) in [6.45, 7) is 8.29. The first-order valence-corrected chi connectivity index (χ1v) is 7.74. The van der Waals surface area contributed by atoms with Crippen LogP contribution >= 0.6 is 11.8 Å². The third-order valence-electron chi connectivity index (χ3n) is 3.28. The third kappa shape index (κ3) is 3.61. The number of nitrogens with two attached hydrogens (primary N) is 1. The second kappa shape index (κ2) is 6.41. The standard InChI is InChI=1S/C15H21N3OS/c1-9(2)13(16)14-17-18-15(19-14)20-8-12-7-10(3)5-6-11(12)4/h5-7,9,13H,8,16H2,1-4H3/t13-/m1/s1. The van der Waals surface area contributed by atoms with Crippen molar-refractivity contribution >= 4 is 11.8 Å². The lowest BCUT2D eigenvalue weighted by Crippen LogP contribution is -2.16. The quantitative estimate of drug-likeness (QED) is 0.852. The van der Waals surface area contributed by atoms with Crippen LogP contribution in [0.3, 0.4) is 0 Å². The van der Waals surface area contributed by atoms with E-state index in [0.29, 0.717) is 11.1 Å². The number of nitrogens with zero attached hydrogens (tertiary/aromatic N) is 2. The first-order valence-electron chi connectivity index (χ1n) is 6.75. The number of hydrogen-bond acceptors (Lipinski definition) is 5. The normalized spacial score (nSPS) is 12.9. The number of rotatable bonds is 5. The molecule has 0 saturated carbocycles. The predicted octanol–water partition coefficient (Wildman–Crippen LogP) is 3.63. The summed E-state index contributed by atoms with van der Waals surface area (Å²) in [5.74, 6) is 1.63. The molecule has 0 aliphatic heterocycles. The molecule has 1 heterocycles. The highest BCUT2D eigenvalue weighted by Crippen LogP contribution is 2.26. The topological polar surface area (TPSA) is 64.9 Å². The van der Waals surface area contributed by atoms with Crippen LogP contribution in [0, 0.1) is 19.8 Å². The molecule has 0 bridgehead atoms. The summed E-state index contributed by atoms with van der Waals surface area (Å²) in [7, 11) is 0. The minimum atomic E-state index is -0.197. The molecule has 4 nitrogen and oxygen atoms in total. The molecule has 20 heavy (non-hydrogen) atoms. The summed E-state index contributed by atoms with van der Waals surface area (Å²) in [5, 5.41) is 8.66. The third-order valence-corrected chi connectivity index (χ3v) is 4.15. The van der Waals surface area contributed by atoms with Gasteiger partial charge in [0.2, 0.25) is 5.89 Å². The van der Waals surface area contributed by atoms with Crippen LogP contribution in [-0.4, -0.2) is 10.2 Å². The Hall–Kier alpha value is -1.33. The molecule has 0 amide bonds. The van der Waals surface area contributed by atoms with Gasteiger partial charge in [-0.15, -0.1) is 10.2 Å². The van der Waals surface area contributed by atoms with E-state index < -0.39 is 0 Å². The molecule has 0 unspecified atom stereocenters. The molecule has 0 fully saturated rings. The smallest absolute Gasteiger partial charge is 0.276 e. The Morgan fingerprint density at radius 2 is 2.00 bits per heavy atom. The summed E-state index contributed by atoms with van der Waals surface area (Å²) in [4.78, 5) is 0. The Bertz CT molecular complexity index is 580. The Kier molecular flexibility index (Phi) is 4.83. The fourth-order valence-electron chi connectivity index (χ4n) is 1.79. The average molecular weight is 291 g/mol. The van der Waals surface area contributed by atoms with E-state index in [2.05, 4.69) is 42.2 Å². The lowest BCUT2D eigenvalue weighted by molar-refractivity contribution is 0.349. The molecule has 0 saturated heterocycles. The van der Waals surface area contributed by atoms with Gasteiger partial charge in [0.05, 0.1) is 6.04 Å². The van der Waals surface area contributed by atoms with Gasteiger partial charge >= 0.3 is 0 Å². The van der Waals surface area contributed by atoms with E-state index in [0.717, 1.165) is 5.75 Å². The predicted molar refractivity (Wildman–Crippen MR) is 81.5 cm³/mol. The summed E-state index contributed by atoms with van der Waals surface area (Å²) in [6, 6.07) is 6.26. The van der Waals surface area contributed by atoms with Crippen molar-refractivity contribution in [3.63, 3.8) is 0 Å². The summed E-state index contributed by atoms with van der Waals surface area (Å²) in [5.41, 5.74) is 9.83. The first kappa shape index (κ1) is 15.1. The molecule has 1 aromatic carbocycles. The first-order chi connectivity index (χ1) is 9.47. The SMILES string of the molecule is Cc1ccc(C)c(CSc2nnc([C@H](N)C(C)C)o2)c1. The van der Waals surface area contributed by atoms with Crippen molar-refractivity contribution < 1.29 is 4.42 Å². The molecule has 0 spiro atoms. The molecule has 5 heteroatoms. The second-order valence-corrected chi connectivity index (χ2v) is 6.32. The van der Waals surface area contributed by atoms with Gasteiger partial charge in [-0.05, 0) is 30.9 Å². The molecule has 0 aliphatic carbocycles. The van der Waals surface area contributed by atoms with Crippen LogP contribution in [0.25, 0.3) is 0 Å². The van der Waals surface area contributed by atoms with Gasteiger partial charge in [-0.2, -0.15) is 0 Å². The fourth-order valence-corrected chi connectivity index (χ4v) is 2.63. The van der Waals surface area contributed by atoms with Crippen LogP contribution < -0.4 is 5.73 Å². The van der Waals surface area contributed by atoms with Crippen molar-refractivity contribution in [3.05, 3.63) is 40.8 Å². The average Bonchev–Trinajstić information content (AvgIpc) is 2.87. The molecule has 1 atom stereocenters. The van der Waals surface area contributed by atoms with E-state index >= 15 is 0 Å². The zero-order valence-corrected chi connectivity index (χ0v) is 13.2. The van der Waals surface area contributed by atoms with E-state index in [-0.39, 0.29) is 12.0 Å². The molecular formula is C15H21N3OS. The van der Waals surface area contributed by atoms with Crippen LogP contribution in [0.15, 0.2) is 27.8 Å². The maximum atomic E-state index is 6.00. The van der Waals surface area contributed by atoms with Crippen LogP contribution in [0.2, 0.25) is 0 Å². The molecule has 2 aromatic rings. The summed E-state index contributed by atoms with van der Waals surface area (Å²) >= 11 is 1.55. The van der Waals surface area contributed by atoms with Crippen molar-refractivity contribution in [2.75, 3.05) is 0 Å². The Morgan fingerprint density at radius 1 is 1.25 bits per heavy atom. The lowest BCUT2D eigenvalue weighted by atomic mass is 10.1.